The molecule has 78 valence electrons. The van der Waals surface area contributed by atoms with Gasteiger partial charge in [0, 0.05) is 0 Å². The highest BCUT2D eigenvalue weighted by Crippen LogP contribution is 2.28. The first kappa shape index (κ1) is 10.4. The summed E-state index contributed by atoms with van der Waals surface area (Å²) in [6.45, 7) is 1.92. The average Bonchev–Trinajstić information content (AvgIpc) is 2.53. The zero-order chi connectivity index (χ0) is 11.4. The van der Waals surface area contributed by atoms with Gasteiger partial charge in [-0.1, -0.05) is 60.7 Å². The first-order chi connectivity index (χ1) is 7.73. The molecular weight excluding hydrogens is 194 g/mol. The normalized spacial score (nSPS) is 23.4. The molecule has 0 heterocycles. The summed E-state index contributed by atoms with van der Waals surface area (Å²) in [5, 5.41) is 9.17. The standard InChI is InChI=1S/C15H13N/c1-15(12-16)10-6-5-9-14(11-15)13-7-3-2-4-8-13/h2-11H,1H3. The van der Waals surface area contributed by atoms with E-state index in [1.807, 2.05) is 55.5 Å². The second-order valence-corrected chi connectivity index (χ2v) is 4.08. The van der Waals surface area contributed by atoms with Gasteiger partial charge in [0.05, 0.1) is 11.5 Å². The minimum Gasteiger partial charge on any atom is -0.197 e. The van der Waals surface area contributed by atoms with E-state index in [0.717, 1.165) is 11.1 Å². The van der Waals surface area contributed by atoms with Crippen molar-refractivity contribution in [3.8, 4) is 6.07 Å². The molecule has 0 saturated carbocycles. The number of rotatable bonds is 1. The molecule has 0 fully saturated rings. The van der Waals surface area contributed by atoms with Crippen LogP contribution in [0.1, 0.15) is 12.5 Å². The number of hydrogen-bond donors (Lipinski definition) is 0. The molecule has 1 atom stereocenters. The van der Waals surface area contributed by atoms with E-state index in [1.54, 1.807) is 0 Å². The number of benzene rings is 1. The van der Waals surface area contributed by atoms with Gasteiger partial charge in [0.15, 0.2) is 0 Å². The van der Waals surface area contributed by atoms with Crippen LogP contribution in [0.5, 0.6) is 0 Å². The maximum Gasteiger partial charge on any atom is 0.0917 e. The Morgan fingerprint density at radius 1 is 1.12 bits per heavy atom. The minimum atomic E-state index is -0.519. The lowest BCUT2D eigenvalue weighted by atomic mass is 9.89. The molecule has 0 radical (unpaired) electrons. The van der Waals surface area contributed by atoms with E-state index >= 15 is 0 Å². The van der Waals surface area contributed by atoms with Crippen molar-refractivity contribution in [2.24, 2.45) is 5.41 Å². The Balaban J connectivity index is 2.47. The first-order valence-electron chi connectivity index (χ1n) is 5.29. The van der Waals surface area contributed by atoms with Crippen molar-refractivity contribution in [1.82, 2.24) is 0 Å². The van der Waals surface area contributed by atoms with Gasteiger partial charge in [0.2, 0.25) is 0 Å². The maximum atomic E-state index is 9.17. The smallest absolute Gasteiger partial charge is 0.0917 e. The summed E-state index contributed by atoms with van der Waals surface area (Å²) < 4.78 is 0. The van der Waals surface area contributed by atoms with Crippen LogP contribution in [0, 0.1) is 16.7 Å². The summed E-state index contributed by atoms with van der Waals surface area (Å²) >= 11 is 0. The van der Waals surface area contributed by atoms with Gasteiger partial charge < -0.3 is 0 Å². The van der Waals surface area contributed by atoms with E-state index < -0.39 is 5.41 Å². The van der Waals surface area contributed by atoms with Gasteiger partial charge in [-0.3, -0.25) is 0 Å². The topological polar surface area (TPSA) is 23.8 Å². The fourth-order valence-electron chi connectivity index (χ4n) is 1.71. The highest BCUT2D eigenvalue weighted by molar-refractivity contribution is 5.76. The lowest BCUT2D eigenvalue weighted by Gasteiger charge is -2.12. The molecule has 0 amide bonds. The minimum absolute atomic E-state index is 0.519. The molecule has 2 rings (SSSR count). The lowest BCUT2D eigenvalue weighted by Crippen LogP contribution is -2.05. The Bertz CT molecular complexity index is 500. The third-order valence-corrected chi connectivity index (χ3v) is 2.63. The molecule has 1 aromatic rings. The van der Waals surface area contributed by atoms with E-state index in [9.17, 15) is 0 Å². The van der Waals surface area contributed by atoms with Crippen molar-refractivity contribution in [2.75, 3.05) is 0 Å². The van der Waals surface area contributed by atoms with Crippen molar-refractivity contribution < 1.29 is 0 Å². The van der Waals surface area contributed by atoms with Crippen LogP contribution in [0.4, 0.5) is 0 Å². The quantitative estimate of drug-likeness (QED) is 0.688. The van der Waals surface area contributed by atoms with Gasteiger partial charge in [-0.05, 0) is 18.1 Å². The van der Waals surface area contributed by atoms with Gasteiger partial charge in [-0.15, -0.1) is 0 Å². The van der Waals surface area contributed by atoms with Gasteiger partial charge in [-0.2, -0.15) is 5.26 Å². The summed E-state index contributed by atoms with van der Waals surface area (Å²) in [4.78, 5) is 0. The van der Waals surface area contributed by atoms with Crippen LogP contribution in [-0.2, 0) is 0 Å². The summed E-state index contributed by atoms with van der Waals surface area (Å²) in [7, 11) is 0. The molecule has 0 saturated heterocycles. The van der Waals surface area contributed by atoms with E-state index in [0.29, 0.717) is 0 Å². The Morgan fingerprint density at radius 2 is 1.88 bits per heavy atom. The highest BCUT2D eigenvalue weighted by atomic mass is 14.3. The van der Waals surface area contributed by atoms with Crippen molar-refractivity contribution in [1.29, 1.82) is 5.26 Å². The largest absolute Gasteiger partial charge is 0.197 e. The van der Waals surface area contributed by atoms with Crippen molar-refractivity contribution in [3.05, 3.63) is 66.3 Å². The van der Waals surface area contributed by atoms with Crippen LogP contribution in [0.3, 0.4) is 0 Å². The third-order valence-electron chi connectivity index (χ3n) is 2.63. The third kappa shape index (κ3) is 2.12. The summed E-state index contributed by atoms with van der Waals surface area (Å²) in [5.41, 5.74) is 1.72. The number of allylic oxidation sites excluding steroid dienone is 6. The van der Waals surface area contributed by atoms with Gasteiger partial charge in [0.25, 0.3) is 0 Å². The molecular formula is C15H13N. The molecule has 1 unspecified atom stereocenters. The van der Waals surface area contributed by atoms with Crippen LogP contribution in [0.15, 0.2) is 60.7 Å². The highest BCUT2D eigenvalue weighted by Gasteiger charge is 2.18. The van der Waals surface area contributed by atoms with E-state index in [-0.39, 0.29) is 0 Å². The van der Waals surface area contributed by atoms with Crippen molar-refractivity contribution in [3.63, 3.8) is 0 Å². The van der Waals surface area contributed by atoms with Gasteiger partial charge in [-0.25, -0.2) is 0 Å². The Morgan fingerprint density at radius 3 is 2.56 bits per heavy atom. The van der Waals surface area contributed by atoms with E-state index in [1.165, 1.54) is 0 Å². The van der Waals surface area contributed by atoms with Crippen LogP contribution in [0.25, 0.3) is 5.57 Å². The molecule has 1 aliphatic rings. The molecule has 0 spiro atoms. The molecule has 1 aromatic carbocycles. The average molecular weight is 207 g/mol. The molecule has 0 aliphatic heterocycles. The predicted molar refractivity (Wildman–Crippen MR) is 66.4 cm³/mol. The Kier molecular flexibility index (Phi) is 2.74. The number of nitriles is 1. The second-order valence-electron chi connectivity index (χ2n) is 4.08. The van der Waals surface area contributed by atoms with Crippen LogP contribution >= 0.6 is 0 Å². The predicted octanol–water partition coefficient (Wildman–Crippen LogP) is 3.73. The summed E-state index contributed by atoms with van der Waals surface area (Å²) in [6.07, 6.45) is 9.85. The molecule has 1 heteroatoms. The van der Waals surface area contributed by atoms with Gasteiger partial charge >= 0.3 is 0 Å². The second kappa shape index (κ2) is 4.20. The molecule has 0 aromatic heterocycles. The summed E-state index contributed by atoms with van der Waals surface area (Å²) in [5.74, 6) is 0. The van der Waals surface area contributed by atoms with E-state index in [2.05, 4.69) is 18.2 Å². The molecule has 0 N–H and O–H groups in total. The first-order valence-corrected chi connectivity index (χ1v) is 5.29. The zero-order valence-corrected chi connectivity index (χ0v) is 9.22. The lowest BCUT2D eigenvalue weighted by molar-refractivity contribution is 0.739. The van der Waals surface area contributed by atoms with Crippen molar-refractivity contribution in [2.45, 2.75) is 6.92 Å². The number of hydrogen-bond acceptors (Lipinski definition) is 1. The summed E-state index contributed by atoms with van der Waals surface area (Å²) in [6, 6.07) is 12.4. The molecule has 16 heavy (non-hydrogen) atoms. The molecule has 1 nitrogen and oxygen atoms in total. The fourth-order valence-corrected chi connectivity index (χ4v) is 1.71. The Hall–Kier alpha value is -2.07. The zero-order valence-electron chi connectivity index (χ0n) is 9.22. The monoisotopic (exact) mass is 207 g/mol. The maximum absolute atomic E-state index is 9.17. The van der Waals surface area contributed by atoms with E-state index in [4.69, 9.17) is 5.26 Å². The molecule has 0 bridgehead atoms. The van der Waals surface area contributed by atoms with Crippen LogP contribution in [-0.4, -0.2) is 0 Å². The van der Waals surface area contributed by atoms with Crippen LogP contribution in [0.2, 0.25) is 0 Å². The molecule has 1 aliphatic carbocycles. The number of nitrogens with zero attached hydrogens (tertiary/aromatic N) is 1. The Labute approximate surface area is 96.0 Å². The van der Waals surface area contributed by atoms with Crippen LogP contribution < -0.4 is 0 Å². The fraction of sp³-hybridized carbons (Fsp3) is 0.133. The SMILES string of the molecule is CC1(C#N)C=CC=CC(c2ccccc2)=C1. The van der Waals surface area contributed by atoms with Crippen molar-refractivity contribution >= 4 is 5.57 Å². The van der Waals surface area contributed by atoms with Gasteiger partial charge in [0.1, 0.15) is 0 Å².